The van der Waals surface area contributed by atoms with Crippen LogP contribution in [0.5, 0.6) is 0 Å². The third-order valence-corrected chi connectivity index (χ3v) is 2.60. The van der Waals surface area contributed by atoms with Gasteiger partial charge in [0, 0.05) is 18.7 Å². The minimum atomic E-state index is -0.507. The van der Waals surface area contributed by atoms with E-state index in [9.17, 15) is 14.9 Å². The van der Waals surface area contributed by atoms with E-state index in [1.807, 2.05) is 0 Å². The van der Waals surface area contributed by atoms with Gasteiger partial charge in [-0.25, -0.2) is 0 Å². The number of carbonyl (C=O) groups excluding carboxylic acids is 1. The van der Waals surface area contributed by atoms with Gasteiger partial charge in [0.2, 0.25) is 5.91 Å². The predicted molar refractivity (Wildman–Crippen MR) is 71.0 cm³/mol. The van der Waals surface area contributed by atoms with Gasteiger partial charge >= 0.3 is 0 Å². The fourth-order valence-electron chi connectivity index (χ4n) is 1.54. The first kappa shape index (κ1) is 15.1. The molecule has 0 spiro atoms. The van der Waals surface area contributed by atoms with E-state index in [1.165, 1.54) is 12.1 Å². The van der Waals surface area contributed by atoms with Gasteiger partial charge in [0.15, 0.2) is 0 Å². The van der Waals surface area contributed by atoms with E-state index in [0.717, 1.165) is 5.56 Å². The maximum Gasteiger partial charge on any atom is 0.271 e. The lowest BCUT2D eigenvalue weighted by Crippen LogP contribution is -2.32. The van der Waals surface area contributed by atoms with Crippen molar-refractivity contribution < 1.29 is 14.8 Å². The van der Waals surface area contributed by atoms with Crippen molar-refractivity contribution in [3.05, 3.63) is 33.9 Å². The van der Waals surface area contributed by atoms with Crippen LogP contribution in [0, 0.1) is 17.0 Å². The quantitative estimate of drug-likeness (QED) is 0.586. The number of aliphatic hydroxyl groups is 1. The van der Waals surface area contributed by atoms with E-state index < -0.39 is 4.92 Å². The molecule has 1 rings (SSSR count). The van der Waals surface area contributed by atoms with E-state index in [0.29, 0.717) is 12.2 Å². The second kappa shape index (κ2) is 6.81. The second-order valence-corrected chi connectivity index (χ2v) is 4.27. The molecule has 0 aromatic heterocycles. The van der Waals surface area contributed by atoms with Gasteiger partial charge in [0.1, 0.15) is 0 Å². The number of carbonyl (C=O) groups is 1. The summed E-state index contributed by atoms with van der Waals surface area (Å²) in [5.74, 6) is -0.278. The molecule has 7 heteroatoms. The standard InChI is InChI=1S/C12H17N3O4/c1-9-3-4-10(15(18)19)7-11(9)13-12(17)8-14(2)5-6-16/h3-4,7,16H,5-6,8H2,1-2H3,(H,13,17). The van der Waals surface area contributed by atoms with E-state index in [1.54, 1.807) is 24.9 Å². The molecule has 2 N–H and O–H groups in total. The number of hydrogen-bond donors (Lipinski definition) is 2. The molecule has 104 valence electrons. The molecule has 0 aliphatic heterocycles. The summed E-state index contributed by atoms with van der Waals surface area (Å²) in [6, 6.07) is 4.31. The number of aryl methyl sites for hydroxylation is 1. The van der Waals surface area contributed by atoms with Crippen LogP contribution in [0.4, 0.5) is 11.4 Å². The van der Waals surface area contributed by atoms with Crippen LogP contribution in [-0.4, -0.2) is 47.6 Å². The summed E-state index contributed by atoms with van der Waals surface area (Å²) in [6.45, 7) is 2.24. The Bertz CT molecular complexity index is 476. The SMILES string of the molecule is Cc1ccc([N+](=O)[O-])cc1NC(=O)CN(C)CCO. The topological polar surface area (TPSA) is 95.7 Å². The highest BCUT2D eigenvalue weighted by molar-refractivity contribution is 5.93. The molecule has 0 saturated carbocycles. The van der Waals surface area contributed by atoms with E-state index in [2.05, 4.69) is 5.32 Å². The third kappa shape index (κ3) is 4.65. The third-order valence-electron chi connectivity index (χ3n) is 2.60. The van der Waals surface area contributed by atoms with Gasteiger partial charge in [-0.1, -0.05) is 6.07 Å². The van der Waals surface area contributed by atoms with Crippen molar-refractivity contribution in [3.8, 4) is 0 Å². The minimum Gasteiger partial charge on any atom is -0.395 e. The fourth-order valence-corrected chi connectivity index (χ4v) is 1.54. The smallest absolute Gasteiger partial charge is 0.271 e. The summed E-state index contributed by atoms with van der Waals surface area (Å²) in [7, 11) is 1.70. The van der Waals surface area contributed by atoms with Gasteiger partial charge < -0.3 is 10.4 Å². The number of nitro groups is 1. The number of nitrogens with one attached hydrogen (secondary N) is 1. The zero-order chi connectivity index (χ0) is 14.4. The average molecular weight is 267 g/mol. The zero-order valence-electron chi connectivity index (χ0n) is 10.9. The molecule has 0 radical (unpaired) electrons. The highest BCUT2D eigenvalue weighted by atomic mass is 16.6. The van der Waals surface area contributed by atoms with Crippen LogP contribution in [-0.2, 0) is 4.79 Å². The number of non-ortho nitro benzene ring substituents is 1. The summed E-state index contributed by atoms with van der Waals surface area (Å²) >= 11 is 0. The van der Waals surface area contributed by atoms with Crippen molar-refractivity contribution in [2.45, 2.75) is 6.92 Å². The second-order valence-electron chi connectivity index (χ2n) is 4.27. The molecule has 19 heavy (non-hydrogen) atoms. The van der Waals surface area contributed by atoms with Gasteiger partial charge in [-0.05, 0) is 19.5 Å². The molecule has 0 atom stereocenters. The monoisotopic (exact) mass is 267 g/mol. The molecule has 0 unspecified atom stereocenters. The number of aliphatic hydroxyl groups excluding tert-OH is 1. The molecular formula is C12H17N3O4. The molecule has 0 aliphatic rings. The van der Waals surface area contributed by atoms with Gasteiger partial charge in [0.25, 0.3) is 5.69 Å². The lowest BCUT2D eigenvalue weighted by Gasteiger charge is -2.15. The fraction of sp³-hybridized carbons (Fsp3) is 0.417. The molecule has 0 bridgehead atoms. The van der Waals surface area contributed by atoms with Crippen molar-refractivity contribution in [1.29, 1.82) is 0 Å². The van der Waals surface area contributed by atoms with Crippen molar-refractivity contribution in [2.24, 2.45) is 0 Å². The highest BCUT2D eigenvalue weighted by Crippen LogP contribution is 2.21. The Morgan fingerprint density at radius 3 is 2.79 bits per heavy atom. The normalized spacial score (nSPS) is 10.5. The van der Waals surface area contributed by atoms with Crippen LogP contribution in [0.2, 0.25) is 0 Å². The average Bonchev–Trinajstić information content (AvgIpc) is 2.31. The van der Waals surface area contributed by atoms with Gasteiger partial charge in [0.05, 0.1) is 23.8 Å². The van der Waals surface area contributed by atoms with E-state index in [-0.39, 0.29) is 24.7 Å². The number of hydrogen-bond acceptors (Lipinski definition) is 5. The summed E-state index contributed by atoms with van der Waals surface area (Å²) in [5.41, 5.74) is 1.12. The number of benzene rings is 1. The van der Waals surface area contributed by atoms with Crippen LogP contribution in [0.15, 0.2) is 18.2 Å². The molecule has 1 aromatic carbocycles. The molecule has 0 fully saturated rings. The number of anilines is 1. The van der Waals surface area contributed by atoms with Crippen LogP contribution in [0.1, 0.15) is 5.56 Å². The molecule has 0 saturated heterocycles. The maximum absolute atomic E-state index is 11.7. The van der Waals surface area contributed by atoms with Crippen molar-refractivity contribution >= 4 is 17.3 Å². The Balaban J connectivity index is 2.73. The van der Waals surface area contributed by atoms with Crippen molar-refractivity contribution in [2.75, 3.05) is 32.1 Å². The molecule has 1 aromatic rings. The Morgan fingerprint density at radius 2 is 2.21 bits per heavy atom. The number of nitrogens with zero attached hydrogens (tertiary/aromatic N) is 2. The zero-order valence-corrected chi connectivity index (χ0v) is 10.9. The van der Waals surface area contributed by atoms with Crippen LogP contribution in [0.25, 0.3) is 0 Å². The summed E-state index contributed by atoms with van der Waals surface area (Å²) in [4.78, 5) is 23.5. The Labute approximate surface area is 111 Å². The molecule has 1 amide bonds. The first-order chi connectivity index (χ1) is 8.93. The maximum atomic E-state index is 11.7. The van der Waals surface area contributed by atoms with Gasteiger partial charge in [-0.15, -0.1) is 0 Å². The largest absolute Gasteiger partial charge is 0.395 e. The number of likely N-dealkylation sites (N-methyl/N-ethyl adjacent to an activating group) is 1. The van der Waals surface area contributed by atoms with E-state index in [4.69, 9.17) is 5.11 Å². The molecule has 7 nitrogen and oxygen atoms in total. The van der Waals surface area contributed by atoms with Crippen LogP contribution in [0.3, 0.4) is 0 Å². The predicted octanol–water partition coefficient (Wildman–Crippen LogP) is 0.766. The number of rotatable bonds is 6. The first-order valence-electron chi connectivity index (χ1n) is 5.78. The van der Waals surface area contributed by atoms with Gasteiger partial charge in [-0.2, -0.15) is 0 Å². The number of amides is 1. The number of nitro benzene ring substituents is 1. The van der Waals surface area contributed by atoms with Crippen molar-refractivity contribution in [1.82, 2.24) is 4.90 Å². The summed E-state index contributed by atoms with van der Waals surface area (Å²) < 4.78 is 0. The van der Waals surface area contributed by atoms with Crippen molar-refractivity contribution in [3.63, 3.8) is 0 Å². The Morgan fingerprint density at radius 1 is 1.53 bits per heavy atom. The molecular weight excluding hydrogens is 250 g/mol. The van der Waals surface area contributed by atoms with Gasteiger partial charge in [-0.3, -0.25) is 19.8 Å². The molecule has 0 aliphatic carbocycles. The highest BCUT2D eigenvalue weighted by Gasteiger charge is 2.12. The van der Waals surface area contributed by atoms with Crippen LogP contribution >= 0.6 is 0 Å². The minimum absolute atomic E-state index is 0.0282. The van der Waals surface area contributed by atoms with E-state index >= 15 is 0 Å². The Kier molecular flexibility index (Phi) is 5.40. The van der Waals surface area contributed by atoms with Crippen LogP contribution < -0.4 is 5.32 Å². The summed E-state index contributed by atoms with van der Waals surface area (Å²) in [6.07, 6.45) is 0. The Hall–Kier alpha value is -1.99. The first-order valence-corrected chi connectivity index (χ1v) is 5.78. The lowest BCUT2D eigenvalue weighted by molar-refractivity contribution is -0.384. The lowest BCUT2D eigenvalue weighted by atomic mass is 10.2. The summed E-state index contributed by atoms with van der Waals surface area (Å²) in [5, 5.41) is 22.0. The molecule has 0 heterocycles.